The molecule has 0 saturated carbocycles. The van der Waals surface area contributed by atoms with Crippen molar-refractivity contribution in [3.8, 4) is 0 Å². The Balaban J connectivity index is 1.70. The van der Waals surface area contributed by atoms with Gasteiger partial charge in [0.1, 0.15) is 0 Å². The molecule has 0 bridgehead atoms. The predicted octanol–water partition coefficient (Wildman–Crippen LogP) is 5.36. The van der Waals surface area contributed by atoms with Crippen LogP contribution >= 0.6 is 39.3 Å². The quantitative estimate of drug-likeness (QED) is 0.773. The van der Waals surface area contributed by atoms with Crippen LogP contribution in [-0.2, 0) is 0 Å². The van der Waals surface area contributed by atoms with Gasteiger partial charge in [-0.3, -0.25) is 4.99 Å². The number of nitrogens with one attached hydrogen (secondary N) is 1. The van der Waals surface area contributed by atoms with Gasteiger partial charge in [-0.1, -0.05) is 69.6 Å². The van der Waals surface area contributed by atoms with Crippen LogP contribution in [0.1, 0.15) is 10.8 Å². The molecule has 1 atom stereocenters. The van der Waals surface area contributed by atoms with Gasteiger partial charge in [-0.2, -0.15) is 0 Å². The second-order valence-corrected chi connectivity index (χ2v) is 6.93. The summed E-state index contributed by atoms with van der Waals surface area (Å²) in [6, 6.07) is 16.2. The largest absolute Gasteiger partial charge is 0.334 e. The van der Waals surface area contributed by atoms with Crippen molar-refractivity contribution in [2.45, 2.75) is 5.25 Å². The zero-order valence-corrected chi connectivity index (χ0v) is 13.7. The fourth-order valence-corrected chi connectivity index (χ4v) is 3.55. The third kappa shape index (κ3) is 3.19. The van der Waals surface area contributed by atoms with Gasteiger partial charge in [-0.15, -0.1) is 0 Å². The molecule has 0 saturated heterocycles. The van der Waals surface area contributed by atoms with Gasteiger partial charge in [0, 0.05) is 4.47 Å². The number of benzene rings is 2. The van der Waals surface area contributed by atoms with Crippen LogP contribution in [0.5, 0.6) is 0 Å². The number of thioether (sulfide) groups is 1. The van der Waals surface area contributed by atoms with Crippen molar-refractivity contribution in [3.63, 3.8) is 0 Å². The van der Waals surface area contributed by atoms with Crippen LogP contribution in [0, 0.1) is 0 Å². The first-order valence-electron chi connectivity index (χ1n) is 6.20. The minimum atomic E-state index is 0.379. The summed E-state index contributed by atoms with van der Waals surface area (Å²) in [4.78, 5) is 4.55. The van der Waals surface area contributed by atoms with E-state index in [1.807, 2.05) is 24.3 Å². The first-order chi connectivity index (χ1) is 9.72. The lowest BCUT2D eigenvalue weighted by molar-refractivity contribution is 0.966. The van der Waals surface area contributed by atoms with Gasteiger partial charge in [0.05, 0.1) is 22.5 Å². The molecule has 0 fully saturated rings. The van der Waals surface area contributed by atoms with Gasteiger partial charge in [-0.25, -0.2) is 0 Å². The summed E-state index contributed by atoms with van der Waals surface area (Å²) in [7, 11) is 0. The molecule has 1 unspecified atom stereocenters. The van der Waals surface area contributed by atoms with E-state index in [-0.39, 0.29) is 0 Å². The first-order valence-corrected chi connectivity index (χ1v) is 8.25. The minimum Gasteiger partial charge on any atom is -0.334 e. The standard InChI is InChI=1S/C15H12BrClN2S/c16-11-6-7-12(17)13(8-11)19-15-18-9-14(20-15)10-4-2-1-3-5-10/h1-8,14H,9H2,(H,18,19). The number of aliphatic imine (C=N–C) groups is 1. The fourth-order valence-electron chi connectivity index (χ4n) is 1.99. The van der Waals surface area contributed by atoms with Crippen LogP contribution in [0.15, 0.2) is 58.0 Å². The summed E-state index contributed by atoms with van der Waals surface area (Å²) in [5, 5.41) is 5.29. The molecule has 2 aromatic carbocycles. The summed E-state index contributed by atoms with van der Waals surface area (Å²) in [5.41, 5.74) is 2.18. The van der Waals surface area contributed by atoms with E-state index in [0.717, 1.165) is 21.9 Å². The number of anilines is 1. The zero-order chi connectivity index (χ0) is 13.9. The van der Waals surface area contributed by atoms with Crippen LogP contribution in [0.25, 0.3) is 0 Å². The second kappa shape index (κ2) is 6.20. The molecule has 1 aliphatic heterocycles. The summed E-state index contributed by atoms with van der Waals surface area (Å²) in [5.74, 6) is 0. The topological polar surface area (TPSA) is 24.4 Å². The van der Waals surface area contributed by atoms with Gasteiger partial charge in [0.25, 0.3) is 0 Å². The van der Waals surface area contributed by atoms with Crippen molar-refractivity contribution in [2.75, 3.05) is 11.9 Å². The van der Waals surface area contributed by atoms with E-state index in [9.17, 15) is 0 Å². The smallest absolute Gasteiger partial charge is 0.161 e. The molecule has 0 amide bonds. The van der Waals surface area contributed by atoms with Crippen LogP contribution in [-0.4, -0.2) is 11.7 Å². The van der Waals surface area contributed by atoms with Gasteiger partial charge in [0.15, 0.2) is 5.17 Å². The lowest BCUT2D eigenvalue weighted by Crippen LogP contribution is -2.05. The third-order valence-corrected chi connectivity index (χ3v) is 4.98. The lowest BCUT2D eigenvalue weighted by Gasteiger charge is -2.10. The monoisotopic (exact) mass is 366 g/mol. The Kier molecular flexibility index (Phi) is 4.34. The number of hydrogen-bond acceptors (Lipinski definition) is 3. The van der Waals surface area contributed by atoms with E-state index < -0.39 is 0 Å². The van der Waals surface area contributed by atoms with E-state index in [2.05, 4.69) is 50.5 Å². The highest BCUT2D eigenvalue weighted by Crippen LogP contribution is 2.36. The lowest BCUT2D eigenvalue weighted by atomic mass is 10.1. The van der Waals surface area contributed by atoms with Crippen LogP contribution in [0.3, 0.4) is 0 Å². The Morgan fingerprint density at radius 3 is 2.80 bits per heavy atom. The second-order valence-electron chi connectivity index (χ2n) is 4.41. The Morgan fingerprint density at radius 1 is 1.20 bits per heavy atom. The summed E-state index contributed by atoms with van der Waals surface area (Å²) >= 11 is 11.4. The molecule has 2 nitrogen and oxygen atoms in total. The molecular formula is C15H12BrClN2S. The van der Waals surface area contributed by atoms with E-state index >= 15 is 0 Å². The molecular weight excluding hydrogens is 356 g/mol. The molecule has 0 radical (unpaired) electrons. The number of nitrogens with zero attached hydrogens (tertiary/aromatic N) is 1. The van der Waals surface area contributed by atoms with Crippen LogP contribution in [0.2, 0.25) is 5.02 Å². The normalized spacial score (nSPS) is 17.9. The van der Waals surface area contributed by atoms with E-state index in [0.29, 0.717) is 10.3 Å². The van der Waals surface area contributed by atoms with Crippen molar-refractivity contribution in [1.29, 1.82) is 0 Å². The maximum Gasteiger partial charge on any atom is 0.161 e. The summed E-state index contributed by atoms with van der Waals surface area (Å²) in [6.07, 6.45) is 0. The molecule has 5 heteroatoms. The van der Waals surface area contributed by atoms with Gasteiger partial charge >= 0.3 is 0 Å². The Hall–Kier alpha value is -0.970. The van der Waals surface area contributed by atoms with Crippen molar-refractivity contribution in [2.24, 2.45) is 4.99 Å². The number of hydrogen-bond donors (Lipinski definition) is 1. The summed E-state index contributed by atoms with van der Waals surface area (Å²) in [6.45, 7) is 0.794. The molecule has 3 rings (SSSR count). The summed E-state index contributed by atoms with van der Waals surface area (Å²) < 4.78 is 0.993. The van der Waals surface area contributed by atoms with Crippen molar-refractivity contribution >= 4 is 50.1 Å². The molecule has 0 spiro atoms. The van der Waals surface area contributed by atoms with E-state index in [4.69, 9.17) is 11.6 Å². The molecule has 20 heavy (non-hydrogen) atoms. The molecule has 102 valence electrons. The highest BCUT2D eigenvalue weighted by molar-refractivity contribution is 9.10. The molecule has 0 aliphatic carbocycles. The van der Waals surface area contributed by atoms with E-state index in [1.165, 1.54) is 5.56 Å². The first kappa shape index (κ1) is 14.0. The van der Waals surface area contributed by atoms with E-state index in [1.54, 1.807) is 11.8 Å². The predicted molar refractivity (Wildman–Crippen MR) is 91.9 cm³/mol. The molecule has 0 aromatic heterocycles. The zero-order valence-electron chi connectivity index (χ0n) is 10.5. The van der Waals surface area contributed by atoms with Gasteiger partial charge in [-0.05, 0) is 23.8 Å². The third-order valence-electron chi connectivity index (χ3n) is 3.00. The molecule has 1 N–H and O–H groups in total. The van der Waals surface area contributed by atoms with Gasteiger partial charge in [0.2, 0.25) is 0 Å². The maximum atomic E-state index is 6.18. The van der Waals surface area contributed by atoms with Crippen LogP contribution in [0.4, 0.5) is 5.69 Å². The average Bonchev–Trinajstić information content (AvgIpc) is 2.92. The van der Waals surface area contributed by atoms with Crippen molar-refractivity contribution < 1.29 is 0 Å². The molecule has 1 heterocycles. The number of halogens is 2. The Morgan fingerprint density at radius 2 is 2.00 bits per heavy atom. The SMILES string of the molecule is Clc1ccc(Br)cc1NC1=NCC(c2ccccc2)S1. The fraction of sp³-hybridized carbons (Fsp3) is 0.133. The molecule has 1 aliphatic rings. The minimum absolute atomic E-state index is 0.379. The maximum absolute atomic E-state index is 6.18. The van der Waals surface area contributed by atoms with Gasteiger partial charge < -0.3 is 5.32 Å². The van der Waals surface area contributed by atoms with Crippen LogP contribution < -0.4 is 5.32 Å². The average molecular weight is 368 g/mol. The molecule has 2 aromatic rings. The number of rotatable bonds is 2. The van der Waals surface area contributed by atoms with Crippen molar-refractivity contribution in [1.82, 2.24) is 0 Å². The Bertz CT molecular complexity index is 646. The highest BCUT2D eigenvalue weighted by atomic mass is 79.9. The van der Waals surface area contributed by atoms with Crippen molar-refractivity contribution in [3.05, 3.63) is 63.6 Å². The number of amidine groups is 1. The highest BCUT2D eigenvalue weighted by Gasteiger charge is 2.21. The Labute approximate surface area is 135 Å².